The van der Waals surface area contributed by atoms with Crippen LogP contribution in [0, 0.1) is 28.6 Å². The fourth-order valence-corrected chi connectivity index (χ4v) is 8.57. The first-order valence-corrected chi connectivity index (χ1v) is 14.5. The van der Waals surface area contributed by atoms with Crippen LogP contribution in [0.5, 0.6) is 0 Å². The minimum atomic E-state index is -0.990. The van der Waals surface area contributed by atoms with Crippen molar-refractivity contribution in [3.8, 4) is 0 Å². The number of aromatic nitrogens is 4. The summed E-state index contributed by atoms with van der Waals surface area (Å²) < 4.78 is 9.31. The van der Waals surface area contributed by atoms with E-state index in [1.807, 2.05) is 6.08 Å². The minimum Gasteiger partial charge on any atom is -0.451 e. The summed E-state index contributed by atoms with van der Waals surface area (Å²) in [5.41, 5.74) is 1.15. The Kier molecular flexibility index (Phi) is 7.31. The molecule has 212 valence electrons. The van der Waals surface area contributed by atoms with Crippen LogP contribution in [0.3, 0.4) is 0 Å². The molecule has 0 bridgehead atoms. The lowest BCUT2D eigenvalue weighted by molar-refractivity contribution is -0.185. The zero-order chi connectivity index (χ0) is 28.9. The molecule has 6 rings (SSSR count). The first-order chi connectivity index (χ1) is 18.9. The Balaban J connectivity index is 0.000000223. The van der Waals surface area contributed by atoms with Gasteiger partial charge in [0.05, 0.1) is 0 Å². The molecule has 9 heteroatoms. The predicted octanol–water partition coefficient (Wildman–Crippen LogP) is 5.34. The number of nitrogens with zero attached hydrogens (tertiary/aromatic N) is 4. The van der Waals surface area contributed by atoms with Gasteiger partial charge in [0.2, 0.25) is 0 Å². The Labute approximate surface area is 240 Å². The van der Waals surface area contributed by atoms with Gasteiger partial charge in [0, 0.05) is 43.5 Å². The smallest absolute Gasteiger partial charge is 0.303 e. The summed E-state index contributed by atoms with van der Waals surface area (Å²) in [5.74, 6) is 1.03. The van der Waals surface area contributed by atoms with E-state index in [-0.39, 0.29) is 28.4 Å². The number of allylic oxidation sites excluding steroid dienone is 4. The van der Waals surface area contributed by atoms with Gasteiger partial charge in [-0.2, -0.15) is 0 Å². The molecule has 0 unspecified atom stereocenters. The third-order valence-electron chi connectivity index (χ3n) is 10.3. The molecule has 0 aliphatic heterocycles. The summed E-state index contributed by atoms with van der Waals surface area (Å²) in [5, 5.41) is 0.644. The van der Waals surface area contributed by atoms with Gasteiger partial charge in [-0.15, -0.1) is 0 Å². The van der Waals surface area contributed by atoms with Gasteiger partial charge in [-0.25, -0.2) is 9.97 Å². The van der Waals surface area contributed by atoms with Crippen LogP contribution in [0.25, 0.3) is 0 Å². The topological polar surface area (TPSA) is 96.1 Å². The van der Waals surface area contributed by atoms with E-state index < -0.39 is 5.60 Å². The fourth-order valence-electron chi connectivity index (χ4n) is 8.36. The van der Waals surface area contributed by atoms with Gasteiger partial charge in [0.1, 0.15) is 12.7 Å². The fraction of sp³-hybridized carbons (Fsp3) is 0.548. The molecule has 8 nitrogen and oxygen atoms in total. The molecule has 2 fully saturated rings. The second-order valence-electron chi connectivity index (χ2n) is 12.3. The molecule has 0 aromatic carbocycles. The molecule has 2 heterocycles. The van der Waals surface area contributed by atoms with Crippen molar-refractivity contribution in [2.24, 2.45) is 28.6 Å². The maximum atomic E-state index is 12.8. The number of rotatable bonds is 2. The van der Waals surface area contributed by atoms with E-state index >= 15 is 0 Å². The summed E-state index contributed by atoms with van der Waals surface area (Å²) in [6.45, 7) is 9.63. The van der Waals surface area contributed by atoms with E-state index in [1.165, 1.54) is 18.1 Å². The lowest BCUT2D eigenvalue weighted by Gasteiger charge is -2.58. The van der Waals surface area contributed by atoms with Crippen molar-refractivity contribution in [2.75, 3.05) is 0 Å². The number of carbonyl (C=O) groups excluding carboxylic acids is 3. The molecule has 0 spiro atoms. The molecule has 0 radical (unpaired) electrons. The van der Waals surface area contributed by atoms with Crippen LogP contribution in [0.1, 0.15) is 73.1 Å². The highest BCUT2D eigenvalue weighted by atomic mass is 32.1. The van der Waals surface area contributed by atoms with E-state index in [0.717, 1.165) is 25.7 Å². The monoisotopic (exact) mass is 562 g/mol. The quantitative estimate of drug-likeness (QED) is 0.360. The van der Waals surface area contributed by atoms with Gasteiger partial charge in [-0.3, -0.25) is 23.5 Å². The van der Waals surface area contributed by atoms with E-state index in [1.54, 1.807) is 53.5 Å². The molecule has 40 heavy (non-hydrogen) atoms. The Morgan fingerprint density at radius 3 is 2.17 bits per heavy atom. The molecular weight excluding hydrogens is 524 g/mol. The Hall–Kier alpha value is -3.20. The Morgan fingerprint density at radius 2 is 1.62 bits per heavy atom. The number of ether oxygens (including phenoxy) is 1. The second-order valence-corrected chi connectivity index (χ2v) is 12.6. The number of hydrogen-bond acceptors (Lipinski definition) is 7. The van der Waals surface area contributed by atoms with Gasteiger partial charge in [-0.1, -0.05) is 25.5 Å². The molecule has 4 aliphatic rings. The maximum absolute atomic E-state index is 12.8. The highest BCUT2D eigenvalue weighted by Crippen LogP contribution is 2.67. The molecule has 0 amide bonds. The number of esters is 1. The predicted molar refractivity (Wildman–Crippen MR) is 154 cm³/mol. The minimum absolute atomic E-state index is 0.0160. The number of thiocarbonyl (C=S) groups is 1. The first-order valence-electron chi connectivity index (χ1n) is 14.1. The highest BCUT2D eigenvalue weighted by Gasteiger charge is 2.67. The third kappa shape index (κ3) is 4.42. The molecular formula is C31H38N4O4S. The van der Waals surface area contributed by atoms with Crippen molar-refractivity contribution < 1.29 is 19.1 Å². The molecule has 0 N–H and O–H groups in total. The maximum Gasteiger partial charge on any atom is 0.303 e. The van der Waals surface area contributed by atoms with Crippen molar-refractivity contribution >= 4 is 34.9 Å². The Bertz CT molecular complexity index is 1360. The van der Waals surface area contributed by atoms with Gasteiger partial charge in [0.15, 0.2) is 22.3 Å². The summed E-state index contributed by atoms with van der Waals surface area (Å²) in [7, 11) is 0. The van der Waals surface area contributed by atoms with Gasteiger partial charge < -0.3 is 4.74 Å². The lowest BCUT2D eigenvalue weighted by atomic mass is 9.47. The summed E-state index contributed by atoms with van der Waals surface area (Å²) >= 11 is 5.14. The van der Waals surface area contributed by atoms with Gasteiger partial charge >= 0.3 is 5.97 Å². The van der Waals surface area contributed by atoms with Crippen LogP contribution in [-0.2, 0) is 19.1 Å². The van der Waals surface area contributed by atoms with E-state index in [9.17, 15) is 14.4 Å². The number of ketones is 2. The van der Waals surface area contributed by atoms with Crippen LogP contribution in [0.2, 0.25) is 0 Å². The van der Waals surface area contributed by atoms with Crippen molar-refractivity contribution in [1.29, 1.82) is 0 Å². The van der Waals surface area contributed by atoms with Crippen molar-refractivity contribution in [1.82, 2.24) is 19.1 Å². The SMILES string of the molecule is CC(=O)O[C@]1(C(C)=O)CC[C@H]2[C@@H]3C=C(C)C4=CC(=O)CC[C@]4(C)[C@H]3CC[C@@]21C.S=C(n1ccnc1)n1ccnc1. The largest absolute Gasteiger partial charge is 0.451 e. The normalized spacial score (nSPS) is 34.2. The number of carbonyl (C=O) groups is 3. The van der Waals surface area contributed by atoms with Crippen molar-refractivity contribution in [3.05, 3.63) is 60.7 Å². The molecule has 6 atom stereocenters. The van der Waals surface area contributed by atoms with E-state index in [2.05, 4.69) is 36.8 Å². The van der Waals surface area contributed by atoms with E-state index in [4.69, 9.17) is 17.0 Å². The summed E-state index contributed by atoms with van der Waals surface area (Å²) in [6.07, 6.45) is 19.5. The first kappa shape index (κ1) is 28.3. The van der Waals surface area contributed by atoms with E-state index in [0.29, 0.717) is 35.7 Å². The summed E-state index contributed by atoms with van der Waals surface area (Å²) in [6, 6.07) is 0. The van der Waals surface area contributed by atoms with Crippen LogP contribution < -0.4 is 0 Å². The molecule has 4 aliphatic carbocycles. The van der Waals surface area contributed by atoms with Crippen molar-refractivity contribution in [3.63, 3.8) is 0 Å². The van der Waals surface area contributed by atoms with Crippen LogP contribution in [0.4, 0.5) is 0 Å². The van der Waals surface area contributed by atoms with Crippen LogP contribution >= 0.6 is 12.2 Å². The number of fused-ring (bicyclic) bond motifs is 5. The average molecular weight is 563 g/mol. The van der Waals surface area contributed by atoms with Crippen LogP contribution in [0.15, 0.2) is 60.7 Å². The second kappa shape index (κ2) is 10.3. The average Bonchev–Trinajstić information content (AvgIpc) is 3.67. The van der Waals surface area contributed by atoms with Gasteiger partial charge in [-0.05, 0) is 93.0 Å². The Morgan fingerprint density at radius 1 is 1.00 bits per heavy atom. The van der Waals surface area contributed by atoms with Crippen LogP contribution in [-0.4, -0.2) is 47.4 Å². The number of Topliss-reactive ketones (excluding diaryl/α,β-unsaturated/α-hetero) is 1. The van der Waals surface area contributed by atoms with Gasteiger partial charge in [0.25, 0.3) is 0 Å². The zero-order valence-corrected chi connectivity index (χ0v) is 24.7. The zero-order valence-electron chi connectivity index (χ0n) is 23.9. The molecule has 0 saturated heterocycles. The highest BCUT2D eigenvalue weighted by molar-refractivity contribution is 7.80. The third-order valence-corrected chi connectivity index (χ3v) is 10.7. The molecule has 2 saturated carbocycles. The molecule has 2 aromatic rings. The number of imidazole rings is 2. The summed E-state index contributed by atoms with van der Waals surface area (Å²) in [4.78, 5) is 44.5. The molecule has 2 aromatic heterocycles. The number of hydrogen-bond donors (Lipinski definition) is 0. The standard InChI is InChI=1S/C24H32O4.C7H6N4S/c1-14-12-18-19(22(4)9-6-17(27)13-21(14)22)7-10-23(5)20(18)8-11-24(23,15(2)25)28-16(3)26;12-7(10-3-1-8-5-10)11-4-2-9-6-11/h12-13,18-20H,6-11H2,1-5H3;1-6H/t18-,19+,20+,22-,23+,24+;/m1./s1. The lowest BCUT2D eigenvalue weighted by Crippen LogP contribution is -2.58. The van der Waals surface area contributed by atoms with Crippen molar-refractivity contribution in [2.45, 2.75) is 78.7 Å².